The normalized spacial score (nSPS) is 14.6. The highest BCUT2D eigenvalue weighted by Crippen LogP contribution is 2.23. The SMILES string of the molecule is COc1ccccc1C(=O)Nc1ccc2c(c1)nc(CN1CCCC1)n2C. The number of fused-ring (bicyclic) bond motifs is 1. The molecule has 0 saturated carbocycles. The minimum absolute atomic E-state index is 0.194. The first-order valence-corrected chi connectivity index (χ1v) is 9.28. The van der Waals surface area contributed by atoms with E-state index in [4.69, 9.17) is 9.72 Å². The third-order valence-electron chi connectivity index (χ3n) is 5.15. The molecule has 0 radical (unpaired) electrons. The molecule has 0 spiro atoms. The van der Waals surface area contributed by atoms with Gasteiger partial charge in [0, 0.05) is 12.7 Å². The summed E-state index contributed by atoms with van der Waals surface area (Å²) in [5, 5.41) is 2.95. The van der Waals surface area contributed by atoms with Gasteiger partial charge in [-0.05, 0) is 56.3 Å². The molecule has 1 aromatic heterocycles. The van der Waals surface area contributed by atoms with Crippen molar-refractivity contribution < 1.29 is 9.53 Å². The fourth-order valence-corrected chi connectivity index (χ4v) is 3.64. The second kappa shape index (κ2) is 7.40. The molecule has 6 heteroatoms. The number of nitrogens with zero attached hydrogens (tertiary/aromatic N) is 3. The van der Waals surface area contributed by atoms with Crippen LogP contribution in [0.15, 0.2) is 42.5 Å². The summed E-state index contributed by atoms with van der Waals surface area (Å²) >= 11 is 0. The zero-order chi connectivity index (χ0) is 18.8. The van der Waals surface area contributed by atoms with Gasteiger partial charge >= 0.3 is 0 Å². The number of hydrogen-bond acceptors (Lipinski definition) is 4. The number of nitrogens with one attached hydrogen (secondary N) is 1. The quantitative estimate of drug-likeness (QED) is 0.754. The largest absolute Gasteiger partial charge is 0.496 e. The van der Waals surface area contributed by atoms with Crippen LogP contribution < -0.4 is 10.1 Å². The number of amides is 1. The van der Waals surface area contributed by atoms with Crippen molar-refractivity contribution in [3.63, 3.8) is 0 Å². The molecule has 4 rings (SSSR count). The number of imidazole rings is 1. The summed E-state index contributed by atoms with van der Waals surface area (Å²) in [5.74, 6) is 1.42. The zero-order valence-corrected chi connectivity index (χ0v) is 15.7. The lowest BCUT2D eigenvalue weighted by molar-refractivity contribution is 0.102. The maximum atomic E-state index is 12.6. The third kappa shape index (κ3) is 3.53. The number of methoxy groups -OCH3 is 1. The van der Waals surface area contributed by atoms with Crippen molar-refractivity contribution in [2.75, 3.05) is 25.5 Å². The Hall–Kier alpha value is -2.86. The number of carbonyl (C=O) groups excluding carboxylic acids is 1. The predicted molar refractivity (Wildman–Crippen MR) is 106 cm³/mol. The number of likely N-dealkylation sites (tertiary alicyclic amines) is 1. The number of anilines is 1. The van der Waals surface area contributed by atoms with Crippen LogP contribution in [-0.4, -0.2) is 40.6 Å². The maximum Gasteiger partial charge on any atom is 0.259 e. The Balaban J connectivity index is 1.57. The molecule has 0 atom stereocenters. The summed E-state index contributed by atoms with van der Waals surface area (Å²) in [7, 11) is 3.61. The summed E-state index contributed by atoms with van der Waals surface area (Å²) in [6.07, 6.45) is 2.53. The first kappa shape index (κ1) is 17.5. The average Bonchev–Trinajstić information content (AvgIpc) is 3.30. The number of rotatable bonds is 5. The molecule has 140 valence electrons. The highest BCUT2D eigenvalue weighted by molar-refractivity contribution is 6.06. The minimum Gasteiger partial charge on any atom is -0.496 e. The lowest BCUT2D eigenvalue weighted by atomic mass is 10.2. The van der Waals surface area contributed by atoms with Gasteiger partial charge in [0.2, 0.25) is 0 Å². The molecule has 1 fully saturated rings. The van der Waals surface area contributed by atoms with Crippen LogP contribution in [0.25, 0.3) is 11.0 Å². The summed E-state index contributed by atoms with van der Waals surface area (Å²) in [5.41, 5.74) is 3.20. The van der Waals surface area contributed by atoms with Crippen LogP contribution in [-0.2, 0) is 13.6 Å². The van der Waals surface area contributed by atoms with Gasteiger partial charge in [-0.15, -0.1) is 0 Å². The summed E-state index contributed by atoms with van der Waals surface area (Å²) in [4.78, 5) is 19.8. The van der Waals surface area contributed by atoms with E-state index in [-0.39, 0.29) is 5.91 Å². The number of hydrogen-bond donors (Lipinski definition) is 1. The summed E-state index contributed by atoms with van der Waals surface area (Å²) < 4.78 is 7.41. The number of ether oxygens (including phenoxy) is 1. The molecule has 1 aliphatic rings. The minimum atomic E-state index is -0.194. The van der Waals surface area contributed by atoms with E-state index in [1.165, 1.54) is 12.8 Å². The smallest absolute Gasteiger partial charge is 0.259 e. The van der Waals surface area contributed by atoms with Gasteiger partial charge < -0.3 is 14.6 Å². The summed E-state index contributed by atoms with van der Waals surface area (Å²) in [6.45, 7) is 3.15. The van der Waals surface area contributed by atoms with Crippen LogP contribution in [0.5, 0.6) is 5.75 Å². The van der Waals surface area contributed by atoms with Crippen molar-refractivity contribution in [3.8, 4) is 5.75 Å². The molecule has 1 aliphatic heterocycles. The van der Waals surface area contributed by atoms with E-state index < -0.39 is 0 Å². The second-order valence-electron chi connectivity index (χ2n) is 6.93. The van der Waals surface area contributed by atoms with Gasteiger partial charge in [0.05, 0.1) is 30.3 Å². The number of benzene rings is 2. The molecule has 1 amide bonds. The van der Waals surface area contributed by atoms with Crippen LogP contribution in [0.1, 0.15) is 29.0 Å². The van der Waals surface area contributed by atoms with E-state index in [2.05, 4.69) is 14.8 Å². The van der Waals surface area contributed by atoms with Crippen molar-refractivity contribution in [3.05, 3.63) is 53.9 Å². The van der Waals surface area contributed by atoms with E-state index in [1.807, 2.05) is 37.4 Å². The van der Waals surface area contributed by atoms with Crippen LogP contribution in [0.3, 0.4) is 0 Å². The average molecular weight is 364 g/mol. The molecule has 27 heavy (non-hydrogen) atoms. The molecule has 1 saturated heterocycles. The van der Waals surface area contributed by atoms with Crippen LogP contribution >= 0.6 is 0 Å². The monoisotopic (exact) mass is 364 g/mol. The van der Waals surface area contributed by atoms with Gasteiger partial charge in [-0.2, -0.15) is 0 Å². The van der Waals surface area contributed by atoms with Gasteiger partial charge in [0.1, 0.15) is 11.6 Å². The van der Waals surface area contributed by atoms with Crippen molar-refractivity contribution in [2.45, 2.75) is 19.4 Å². The van der Waals surface area contributed by atoms with Gasteiger partial charge in [-0.25, -0.2) is 4.98 Å². The fourth-order valence-electron chi connectivity index (χ4n) is 3.64. The second-order valence-corrected chi connectivity index (χ2v) is 6.93. The van der Waals surface area contributed by atoms with E-state index in [0.717, 1.165) is 42.2 Å². The third-order valence-corrected chi connectivity index (χ3v) is 5.15. The molecule has 0 unspecified atom stereocenters. The van der Waals surface area contributed by atoms with Crippen molar-refractivity contribution in [1.82, 2.24) is 14.5 Å². The first-order valence-electron chi connectivity index (χ1n) is 9.28. The molecule has 0 aliphatic carbocycles. The molecular formula is C21H24N4O2. The highest BCUT2D eigenvalue weighted by Gasteiger charge is 2.17. The fraction of sp³-hybridized carbons (Fsp3) is 0.333. The van der Waals surface area contributed by atoms with E-state index in [1.54, 1.807) is 19.2 Å². The van der Waals surface area contributed by atoms with Crippen molar-refractivity contribution >= 4 is 22.6 Å². The van der Waals surface area contributed by atoms with E-state index >= 15 is 0 Å². The molecule has 1 N–H and O–H groups in total. The molecule has 2 aromatic carbocycles. The standard InChI is InChI=1S/C21H24N4O2/c1-24-18-10-9-15(22-21(26)16-7-3-4-8-19(16)27-2)13-17(18)23-20(24)14-25-11-5-6-12-25/h3-4,7-10,13H,5-6,11-12,14H2,1-2H3,(H,22,26). The maximum absolute atomic E-state index is 12.6. The molecule has 2 heterocycles. The molecule has 0 bridgehead atoms. The van der Waals surface area contributed by atoms with Crippen molar-refractivity contribution in [2.24, 2.45) is 7.05 Å². The van der Waals surface area contributed by atoms with Crippen LogP contribution in [0.4, 0.5) is 5.69 Å². The number of aromatic nitrogens is 2. The topological polar surface area (TPSA) is 59.4 Å². The van der Waals surface area contributed by atoms with Gasteiger partial charge in [0.25, 0.3) is 5.91 Å². The Morgan fingerprint density at radius 3 is 2.74 bits per heavy atom. The van der Waals surface area contributed by atoms with Gasteiger partial charge in [-0.1, -0.05) is 12.1 Å². The van der Waals surface area contributed by atoms with Crippen LogP contribution in [0.2, 0.25) is 0 Å². The number of aryl methyl sites for hydroxylation is 1. The first-order chi connectivity index (χ1) is 13.2. The predicted octanol–water partition coefficient (Wildman–Crippen LogP) is 3.43. The Kier molecular flexibility index (Phi) is 4.81. The van der Waals surface area contributed by atoms with E-state index in [0.29, 0.717) is 11.3 Å². The zero-order valence-electron chi connectivity index (χ0n) is 15.7. The Morgan fingerprint density at radius 1 is 1.19 bits per heavy atom. The molecular weight excluding hydrogens is 340 g/mol. The Morgan fingerprint density at radius 2 is 1.96 bits per heavy atom. The highest BCUT2D eigenvalue weighted by atomic mass is 16.5. The van der Waals surface area contributed by atoms with Gasteiger partial charge in [-0.3, -0.25) is 9.69 Å². The van der Waals surface area contributed by atoms with E-state index in [9.17, 15) is 4.79 Å². The Bertz CT molecular complexity index is 973. The summed E-state index contributed by atoms with van der Waals surface area (Å²) in [6, 6.07) is 13.0. The van der Waals surface area contributed by atoms with Crippen molar-refractivity contribution in [1.29, 1.82) is 0 Å². The lowest BCUT2D eigenvalue weighted by Crippen LogP contribution is -2.20. The van der Waals surface area contributed by atoms with Crippen LogP contribution in [0, 0.1) is 0 Å². The number of carbonyl (C=O) groups is 1. The van der Waals surface area contributed by atoms with Gasteiger partial charge in [0.15, 0.2) is 0 Å². The molecule has 3 aromatic rings. The lowest BCUT2D eigenvalue weighted by Gasteiger charge is -2.13. The Labute approximate surface area is 158 Å². The molecule has 6 nitrogen and oxygen atoms in total. The number of para-hydroxylation sites is 1.